The molecule has 2 rings (SSSR count). The van der Waals surface area contributed by atoms with Crippen LogP contribution in [0.5, 0.6) is 0 Å². The van der Waals surface area contributed by atoms with E-state index in [0.29, 0.717) is 25.2 Å². The molecule has 0 aromatic heterocycles. The average molecular weight is 301 g/mol. The topological polar surface area (TPSA) is 66.4 Å². The number of carboxylic acid groups (broad SMARTS) is 1. The van der Waals surface area contributed by atoms with E-state index in [0.717, 1.165) is 5.56 Å². The number of carbonyl (C=O) groups is 2. The van der Waals surface area contributed by atoms with Crippen LogP contribution in [0.2, 0.25) is 0 Å². The number of nitrogens with one attached hydrogen (secondary N) is 1. The number of rotatable bonds is 6. The maximum atomic E-state index is 11.7. The summed E-state index contributed by atoms with van der Waals surface area (Å²) in [4.78, 5) is 22.4. The summed E-state index contributed by atoms with van der Waals surface area (Å²) in [6.45, 7) is 4.31. The zero-order valence-corrected chi connectivity index (χ0v) is 13.1. The average Bonchev–Trinajstić information content (AvgIpc) is 2.42. The fraction of sp³-hybridized carbons (Fsp3) is 0.444. The molecule has 0 bridgehead atoms. The van der Waals surface area contributed by atoms with E-state index in [4.69, 9.17) is 5.11 Å². The molecule has 0 saturated heterocycles. The van der Waals surface area contributed by atoms with Gasteiger partial charge in [-0.1, -0.05) is 50.3 Å². The first-order valence-corrected chi connectivity index (χ1v) is 7.74. The number of carbonyl (C=O) groups excluding carboxylic acids is 1. The molecule has 1 aromatic rings. The van der Waals surface area contributed by atoms with E-state index < -0.39 is 5.97 Å². The van der Waals surface area contributed by atoms with Gasteiger partial charge in [0.05, 0.1) is 5.92 Å². The van der Waals surface area contributed by atoms with Crippen molar-refractivity contribution in [1.82, 2.24) is 5.32 Å². The molecule has 4 heteroatoms. The van der Waals surface area contributed by atoms with Crippen molar-refractivity contribution in [2.24, 2.45) is 5.92 Å². The second-order valence-electron chi connectivity index (χ2n) is 6.20. The third-order valence-corrected chi connectivity index (χ3v) is 4.07. The van der Waals surface area contributed by atoms with Crippen LogP contribution in [0.25, 0.3) is 6.08 Å². The number of hydrogen-bond donors (Lipinski definition) is 2. The normalized spacial score (nSPS) is 20.9. The van der Waals surface area contributed by atoms with Crippen molar-refractivity contribution in [3.8, 4) is 0 Å². The van der Waals surface area contributed by atoms with E-state index in [-0.39, 0.29) is 17.9 Å². The molecule has 118 valence electrons. The molecule has 1 aromatic carbocycles. The number of amides is 1. The Morgan fingerprint density at radius 3 is 2.45 bits per heavy atom. The second kappa shape index (κ2) is 7.25. The Morgan fingerprint density at radius 1 is 1.27 bits per heavy atom. The van der Waals surface area contributed by atoms with Crippen LogP contribution in [0.15, 0.2) is 30.3 Å². The fourth-order valence-corrected chi connectivity index (χ4v) is 2.52. The van der Waals surface area contributed by atoms with Crippen LogP contribution >= 0.6 is 0 Å². The van der Waals surface area contributed by atoms with Gasteiger partial charge in [-0.25, -0.2) is 0 Å². The molecule has 0 unspecified atom stereocenters. The molecule has 1 fully saturated rings. The molecule has 0 atom stereocenters. The number of benzene rings is 1. The molecule has 0 aliphatic heterocycles. The molecule has 1 aliphatic carbocycles. The van der Waals surface area contributed by atoms with Crippen LogP contribution < -0.4 is 5.32 Å². The second-order valence-corrected chi connectivity index (χ2v) is 6.20. The van der Waals surface area contributed by atoms with Gasteiger partial charge in [-0.15, -0.1) is 0 Å². The zero-order valence-electron chi connectivity index (χ0n) is 13.1. The van der Waals surface area contributed by atoms with Crippen LogP contribution in [0, 0.1) is 5.92 Å². The molecule has 22 heavy (non-hydrogen) atoms. The van der Waals surface area contributed by atoms with Gasteiger partial charge in [-0.3, -0.25) is 9.59 Å². The van der Waals surface area contributed by atoms with Crippen molar-refractivity contribution in [3.05, 3.63) is 41.5 Å². The smallest absolute Gasteiger partial charge is 0.306 e. The summed E-state index contributed by atoms with van der Waals surface area (Å²) in [6.07, 6.45) is 5.18. The summed E-state index contributed by atoms with van der Waals surface area (Å²) in [5.41, 5.74) is 2.37. The van der Waals surface area contributed by atoms with E-state index in [1.165, 1.54) is 5.56 Å². The Kier molecular flexibility index (Phi) is 5.36. The molecule has 1 aliphatic rings. The molecule has 4 nitrogen and oxygen atoms in total. The third kappa shape index (κ3) is 4.45. The molecular formula is C18H23NO3. The van der Waals surface area contributed by atoms with Gasteiger partial charge in [0.15, 0.2) is 0 Å². The third-order valence-electron chi connectivity index (χ3n) is 4.07. The highest BCUT2D eigenvalue weighted by molar-refractivity contribution is 5.79. The summed E-state index contributed by atoms with van der Waals surface area (Å²) in [7, 11) is 0. The highest BCUT2D eigenvalue weighted by Gasteiger charge is 2.34. The Labute approximate surface area is 131 Å². The van der Waals surface area contributed by atoms with E-state index in [9.17, 15) is 9.59 Å². The van der Waals surface area contributed by atoms with Crippen molar-refractivity contribution >= 4 is 18.0 Å². The Bertz CT molecular complexity index is 554. The minimum absolute atomic E-state index is 0.0207. The van der Waals surface area contributed by atoms with Crippen LogP contribution in [0.1, 0.15) is 50.2 Å². The van der Waals surface area contributed by atoms with Gasteiger partial charge < -0.3 is 10.4 Å². The van der Waals surface area contributed by atoms with Gasteiger partial charge >= 0.3 is 5.97 Å². The van der Waals surface area contributed by atoms with E-state index in [2.05, 4.69) is 31.3 Å². The van der Waals surface area contributed by atoms with Crippen molar-refractivity contribution in [2.75, 3.05) is 0 Å². The van der Waals surface area contributed by atoms with Crippen molar-refractivity contribution < 1.29 is 14.7 Å². The lowest BCUT2D eigenvalue weighted by atomic mass is 9.80. The quantitative estimate of drug-likeness (QED) is 0.848. The molecular weight excluding hydrogens is 278 g/mol. The summed E-state index contributed by atoms with van der Waals surface area (Å²) < 4.78 is 0. The molecule has 1 saturated carbocycles. The van der Waals surface area contributed by atoms with E-state index in [1.807, 2.05) is 24.3 Å². The van der Waals surface area contributed by atoms with E-state index >= 15 is 0 Å². The van der Waals surface area contributed by atoms with Crippen molar-refractivity contribution in [1.29, 1.82) is 0 Å². The standard InChI is InChI=1S/C18H23NO3/c1-12(2)14-8-6-13(7-9-14)4-3-5-17(20)19-16-10-15(11-16)18(21)22/h3-4,6-9,12,15-16H,5,10-11H2,1-2H3,(H,19,20)(H,21,22)/b4-3+. The first kappa shape index (κ1) is 16.3. The predicted molar refractivity (Wildman–Crippen MR) is 86.5 cm³/mol. The largest absolute Gasteiger partial charge is 0.481 e. The predicted octanol–water partition coefficient (Wildman–Crippen LogP) is 3.19. The summed E-state index contributed by atoms with van der Waals surface area (Å²) in [5, 5.41) is 11.6. The van der Waals surface area contributed by atoms with Crippen LogP contribution in [-0.2, 0) is 9.59 Å². The number of carboxylic acids is 1. The first-order chi connectivity index (χ1) is 10.5. The van der Waals surface area contributed by atoms with Gasteiger partial charge in [0.2, 0.25) is 5.91 Å². The lowest BCUT2D eigenvalue weighted by Crippen LogP contribution is -2.46. The van der Waals surface area contributed by atoms with Gasteiger partial charge in [-0.2, -0.15) is 0 Å². The highest BCUT2D eigenvalue weighted by atomic mass is 16.4. The molecule has 2 N–H and O–H groups in total. The number of hydrogen-bond acceptors (Lipinski definition) is 2. The molecule has 0 spiro atoms. The van der Waals surface area contributed by atoms with E-state index in [1.54, 1.807) is 0 Å². The maximum absolute atomic E-state index is 11.7. The zero-order chi connectivity index (χ0) is 16.1. The van der Waals surface area contributed by atoms with Gasteiger partial charge in [0, 0.05) is 12.5 Å². The lowest BCUT2D eigenvalue weighted by molar-refractivity contribution is -0.146. The molecule has 1 amide bonds. The molecule has 0 radical (unpaired) electrons. The fourth-order valence-electron chi connectivity index (χ4n) is 2.52. The summed E-state index contributed by atoms with van der Waals surface area (Å²) in [6, 6.07) is 8.32. The Hall–Kier alpha value is -2.10. The van der Waals surface area contributed by atoms with Gasteiger partial charge in [-0.05, 0) is 29.9 Å². The SMILES string of the molecule is CC(C)c1ccc(/C=C/CC(=O)NC2CC(C(=O)O)C2)cc1. The number of aliphatic carboxylic acids is 1. The minimum Gasteiger partial charge on any atom is -0.481 e. The first-order valence-electron chi connectivity index (χ1n) is 7.74. The van der Waals surface area contributed by atoms with Gasteiger partial charge in [0.1, 0.15) is 0 Å². The van der Waals surface area contributed by atoms with Gasteiger partial charge in [0.25, 0.3) is 0 Å². The Balaban J connectivity index is 1.73. The summed E-state index contributed by atoms with van der Waals surface area (Å²) in [5.74, 6) is -0.597. The van der Waals surface area contributed by atoms with Crippen LogP contribution in [-0.4, -0.2) is 23.0 Å². The Morgan fingerprint density at radius 2 is 1.91 bits per heavy atom. The maximum Gasteiger partial charge on any atom is 0.306 e. The van der Waals surface area contributed by atoms with Crippen molar-refractivity contribution in [2.45, 2.75) is 45.1 Å². The lowest BCUT2D eigenvalue weighted by Gasteiger charge is -2.32. The summed E-state index contributed by atoms with van der Waals surface area (Å²) >= 11 is 0. The van der Waals surface area contributed by atoms with Crippen LogP contribution in [0.3, 0.4) is 0 Å². The monoisotopic (exact) mass is 301 g/mol. The minimum atomic E-state index is -0.768. The van der Waals surface area contributed by atoms with Crippen molar-refractivity contribution in [3.63, 3.8) is 0 Å². The molecule has 0 heterocycles. The highest BCUT2D eigenvalue weighted by Crippen LogP contribution is 2.27. The van der Waals surface area contributed by atoms with Crippen LogP contribution in [0.4, 0.5) is 0 Å².